The molecule has 0 heterocycles. The molecule has 1 N–H and O–H groups in total. The molecule has 2 rings (SSSR count). The van der Waals surface area contributed by atoms with Gasteiger partial charge in [0.15, 0.2) is 0 Å². The van der Waals surface area contributed by atoms with Crippen LogP contribution >= 0.6 is 0 Å². The molecule has 0 radical (unpaired) electrons. The number of hydrogen-bond acceptors (Lipinski definition) is 5. The van der Waals surface area contributed by atoms with Gasteiger partial charge in [-0.25, -0.2) is 4.79 Å². The summed E-state index contributed by atoms with van der Waals surface area (Å²) in [5.74, 6) is 0.557. The van der Waals surface area contributed by atoms with Gasteiger partial charge in [0.2, 0.25) is 5.91 Å². The number of anilines is 1. The van der Waals surface area contributed by atoms with Gasteiger partial charge in [-0.15, -0.1) is 0 Å². The maximum absolute atomic E-state index is 12.2. The van der Waals surface area contributed by atoms with Gasteiger partial charge in [0.1, 0.15) is 11.5 Å². The second kappa shape index (κ2) is 8.73. The molecule has 0 saturated heterocycles. The Morgan fingerprint density at radius 1 is 0.920 bits per heavy atom. The Morgan fingerprint density at radius 3 is 2.16 bits per heavy atom. The summed E-state index contributed by atoms with van der Waals surface area (Å²) >= 11 is 0. The third-order valence-electron chi connectivity index (χ3n) is 3.71. The number of aryl methyl sites for hydroxylation is 1. The average Bonchev–Trinajstić information content (AvgIpc) is 2.66. The number of ether oxygens (including phenoxy) is 3. The van der Waals surface area contributed by atoms with Gasteiger partial charge in [0.25, 0.3) is 0 Å². The molecule has 132 valence electrons. The predicted molar refractivity (Wildman–Crippen MR) is 94.3 cm³/mol. The number of rotatable bonds is 7. The monoisotopic (exact) mass is 343 g/mol. The van der Waals surface area contributed by atoms with Crippen molar-refractivity contribution in [2.45, 2.75) is 12.8 Å². The zero-order valence-electron chi connectivity index (χ0n) is 14.5. The Morgan fingerprint density at radius 2 is 1.56 bits per heavy atom. The topological polar surface area (TPSA) is 73.9 Å². The van der Waals surface area contributed by atoms with Gasteiger partial charge >= 0.3 is 5.97 Å². The van der Waals surface area contributed by atoms with E-state index in [4.69, 9.17) is 14.2 Å². The normalized spacial score (nSPS) is 10.0. The van der Waals surface area contributed by atoms with Crippen LogP contribution in [-0.2, 0) is 16.0 Å². The van der Waals surface area contributed by atoms with Crippen molar-refractivity contribution < 1.29 is 23.8 Å². The summed E-state index contributed by atoms with van der Waals surface area (Å²) in [6.45, 7) is 0. The third-order valence-corrected chi connectivity index (χ3v) is 3.71. The van der Waals surface area contributed by atoms with Crippen molar-refractivity contribution in [3.05, 3.63) is 53.6 Å². The molecule has 1 amide bonds. The summed E-state index contributed by atoms with van der Waals surface area (Å²) < 4.78 is 15.0. The first-order valence-electron chi connectivity index (χ1n) is 7.76. The van der Waals surface area contributed by atoms with Crippen molar-refractivity contribution in [3.63, 3.8) is 0 Å². The maximum Gasteiger partial charge on any atom is 0.340 e. The fourth-order valence-electron chi connectivity index (χ4n) is 2.30. The minimum atomic E-state index is -0.538. The number of hydrogen-bond donors (Lipinski definition) is 1. The highest BCUT2D eigenvalue weighted by Gasteiger charge is 2.15. The molecule has 0 bridgehead atoms. The Balaban J connectivity index is 2.02. The van der Waals surface area contributed by atoms with E-state index in [0.717, 1.165) is 11.3 Å². The number of methoxy groups -OCH3 is 3. The summed E-state index contributed by atoms with van der Waals surface area (Å²) in [6.07, 6.45) is 0.874. The fourth-order valence-corrected chi connectivity index (χ4v) is 2.30. The van der Waals surface area contributed by atoms with Gasteiger partial charge in [-0.1, -0.05) is 12.1 Å². The number of benzene rings is 2. The summed E-state index contributed by atoms with van der Waals surface area (Å²) in [6, 6.07) is 12.4. The van der Waals surface area contributed by atoms with Gasteiger partial charge in [-0.3, -0.25) is 4.79 Å². The van der Waals surface area contributed by atoms with E-state index in [9.17, 15) is 9.59 Å². The predicted octanol–water partition coefficient (Wildman–Crippen LogP) is 3.06. The van der Waals surface area contributed by atoms with E-state index in [1.165, 1.54) is 20.3 Å². The van der Waals surface area contributed by atoms with Gasteiger partial charge < -0.3 is 19.5 Å². The van der Waals surface area contributed by atoms with Crippen molar-refractivity contribution in [2.75, 3.05) is 26.6 Å². The molecule has 0 unspecified atom stereocenters. The lowest BCUT2D eigenvalue weighted by Gasteiger charge is -2.11. The van der Waals surface area contributed by atoms with E-state index in [1.54, 1.807) is 19.2 Å². The zero-order valence-corrected chi connectivity index (χ0v) is 14.5. The molecule has 0 aromatic heterocycles. The number of carbonyl (C=O) groups excluding carboxylic acids is 2. The highest BCUT2D eigenvalue weighted by molar-refractivity contribution is 6.01. The second-order valence-corrected chi connectivity index (χ2v) is 5.30. The van der Waals surface area contributed by atoms with Crippen LogP contribution in [0.4, 0.5) is 5.69 Å². The van der Waals surface area contributed by atoms with Crippen LogP contribution in [0.2, 0.25) is 0 Å². The van der Waals surface area contributed by atoms with Crippen molar-refractivity contribution in [1.29, 1.82) is 0 Å². The molecule has 0 saturated carbocycles. The molecular formula is C19H21NO5. The molecule has 2 aromatic carbocycles. The van der Waals surface area contributed by atoms with Crippen LogP contribution in [0.3, 0.4) is 0 Å². The number of amides is 1. The van der Waals surface area contributed by atoms with E-state index in [2.05, 4.69) is 5.32 Å². The van der Waals surface area contributed by atoms with Crippen molar-refractivity contribution in [2.24, 2.45) is 0 Å². The van der Waals surface area contributed by atoms with Gasteiger partial charge in [0.05, 0.1) is 32.6 Å². The van der Waals surface area contributed by atoms with E-state index in [-0.39, 0.29) is 11.5 Å². The second-order valence-electron chi connectivity index (χ2n) is 5.30. The molecular weight excluding hydrogens is 322 g/mol. The van der Waals surface area contributed by atoms with Crippen LogP contribution in [0.5, 0.6) is 11.5 Å². The first-order chi connectivity index (χ1) is 12.1. The number of carbonyl (C=O) groups is 2. The van der Waals surface area contributed by atoms with E-state index < -0.39 is 5.97 Å². The lowest BCUT2D eigenvalue weighted by molar-refractivity contribution is -0.116. The van der Waals surface area contributed by atoms with Gasteiger partial charge in [0, 0.05) is 6.42 Å². The average molecular weight is 343 g/mol. The molecule has 0 aliphatic rings. The van der Waals surface area contributed by atoms with E-state index >= 15 is 0 Å². The Hall–Kier alpha value is -3.02. The SMILES string of the molecule is COC(=O)c1cc(OC)ccc1NC(=O)CCc1ccc(OC)cc1. The van der Waals surface area contributed by atoms with Crippen LogP contribution in [-0.4, -0.2) is 33.2 Å². The zero-order chi connectivity index (χ0) is 18.2. The molecule has 6 heteroatoms. The van der Waals surface area contributed by atoms with Crippen molar-refractivity contribution >= 4 is 17.6 Å². The number of esters is 1. The van der Waals surface area contributed by atoms with Crippen LogP contribution in [0.25, 0.3) is 0 Å². The summed E-state index contributed by atoms with van der Waals surface area (Å²) in [4.78, 5) is 24.1. The summed E-state index contributed by atoms with van der Waals surface area (Å²) in [5.41, 5.74) is 1.67. The smallest absolute Gasteiger partial charge is 0.340 e. The highest BCUT2D eigenvalue weighted by atomic mass is 16.5. The molecule has 0 spiro atoms. The first kappa shape index (κ1) is 18.3. The quantitative estimate of drug-likeness (QED) is 0.782. The standard InChI is InChI=1S/C19H21NO5/c1-23-14-7-4-13(5-8-14)6-11-18(21)20-17-10-9-15(24-2)12-16(17)19(22)25-3/h4-5,7-10,12H,6,11H2,1-3H3,(H,20,21). The molecule has 0 aliphatic carbocycles. The summed E-state index contributed by atoms with van der Waals surface area (Å²) in [5, 5.41) is 2.75. The van der Waals surface area contributed by atoms with Crippen LogP contribution in [0.1, 0.15) is 22.3 Å². The number of nitrogens with one attached hydrogen (secondary N) is 1. The van der Waals surface area contributed by atoms with Crippen molar-refractivity contribution in [1.82, 2.24) is 0 Å². The minimum absolute atomic E-state index is 0.189. The van der Waals surface area contributed by atoms with Crippen LogP contribution in [0, 0.1) is 0 Å². The lowest BCUT2D eigenvalue weighted by atomic mass is 10.1. The lowest BCUT2D eigenvalue weighted by Crippen LogP contribution is -2.16. The Bertz CT molecular complexity index is 740. The molecule has 6 nitrogen and oxygen atoms in total. The Kier molecular flexibility index (Phi) is 6.39. The third kappa shape index (κ3) is 4.97. The van der Waals surface area contributed by atoms with Gasteiger partial charge in [-0.2, -0.15) is 0 Å². The van der Waals surface area contributed by atoms with Crippen LogP contribution in [0.15, 0.2) is 42.5 Å². The Labute approximate surface area is 146 Å². The molecule has 0 aliphatic heterocycles. The van der Waals surface area contributed by atoms with E-state index in [0.29, 0.717) is 24.3 Å². The molecule has 2 aromatic rings. The first-order valence-corrected chi connectivity index (χ1v) is 7.76. The molecule has 25 heavy (non-hydrogen) atoms. The van der Waals surface area contributed by atoms with Gasteiger partial charge in [-0.05, 0) is 42.3 Å². The summed E-state index contributed by atoms with van der Waals surface area (Å²) in [7, 11) is 4.40. The van der Waals surface area contributed by atoms with Crippen LogP contribution < -0.4 is 14.8 Å². The van der Waals surface area contributed by atoms with Crippen molar-refractivity contribution in [3.8, 4) is 11.5 Å². The molecule has 0 atom stereocenters. The largest absolute Gasteiger partial charge is 0.497 e. The van der Waals surface area contributed by atoms with E-state index in [1.807, 2.05) is 24.3 Å². The highest BCUT2D eigenvalue weighted by Crippen LogP contribution is 2.23. The fraction of sp³-hybridized carbons (Fsp3) is 0.263. The maximum atomic E-state index is 12.2. The molecule has 0 fully saturated rings. The minimum Gasteiger partial charge on any atom is -0.497 e.